The molecule has 0 saturated heterocycles. The molecule has 0 fully saturated rings. The van der Waals surface area contributed by atoms with Gasteiger partial charge in [-0.15, -0.1) is 0 Å². The van der Waals surface area contributed by atoms with E-state index in [9.17, 15) is 5.11 Å². The Bertz CT molecular complexity index is 121. The summed E-state index contributed by atoms with van der Waals surface area (Å²) >= 11 is 0. The van der Waals surface area contributed by atoms with E-state index in [4.69, 9.17) is 0 Å². The molecule has 0 amide bonds. The van der Waals surface area contributed by atoms with Crippen LogP contribution in [0.5, 0.6) is 0 Å². The number of hydrogen-bond donors (Lipinski definition) is 0. The highest BCUT2D eigenvalue weighted by Gasteiger charge is 1.97. The second kappa shape index (κ2) is 13.0. The van der Waals surface area contributed by atoms with Gasteiger partial charge in [-0.2, -0.15) is 0 Å². The zero-order valence-corrected chi connectivity index (χ0v) is 11.5. The number of rotatable bonds is 12. The van der Waals surface area contributed by atoms with E-state index in [1.807, 2.05) is 0 Å². The molecule has 0 saturated carbocycles. The Hall–Kier alpha value is -0.0400. The molecule has 0 aromatic rings. The Labute approximate surface area is 103 Å². The van der Waals surface area contributed by atoms with Crippen molar-refractivity contribution in [3.8, 4) is 0 Å². The maximum atomic E-state index is 10.8. The quantitative estimate of drug-likeness (QED) is 0.392. The van der Waals surface area contributed by atoms with Crippen LogP contribution in [-0.2, 0) is 5.11 Å². The summed E-state index contributed by atoms with van der Waals surface area (Å²) in [7, 11) is 0. The first kappa shape index (κ1) is 16.0. The van der Waals surface area contributed by atoms with Gasteiger partial charge in [-0.05, 0) is 13.3 Å². The van der Waals surface area contributed by atoms with Gasteiger partial charge in [0.05, 0.1) is 6.10 Å². The van der Waals surface area contributed by atoms with Gasteiger partial charge in [-0.1, -0.05) is 77.6 Å². The molecular formula is C15H31O. The van der Waals surface area contributed by atoms with Crippen LogP contribution in [0.25, 0.3) is 0 Å². The van der Waals surface area contributed by atoms with Crippen LogP contribution in [0.3, 0.4) is 0 Å². The fourth-order valence-electron chi connectivity index (χ4n) is 2.10. The van der Waals surface area contributed by atoms with Gasteiger partial charge in [0, 0.05) is 0 Å². The second-order valence-electron chi connectivity index (χ2n) is 5.13. The van der Waals surface area contributed by atoms with Gasteiger partial charge in [0.2, 0.25) is 0 Å². The van der Waals surface area contributed by atoms with Crippen LogP contribution in [-0.4, -0.2) is 6.10 Å². The predicted molar refractivity (Wildman–Crippen MR) is 71.2 cm³/mol. The molecule has 0 aromatic heterocycles. The molecule has 0 bridgehead atoms. The molecule has 16 heavy (non-hydrogen) atoms. The zero-order chi connectivity index (χ0) is 12.1. The Morgan fingerprint density at radius 2 is 1.06 bits per heavy atom. The van der Waals surface area contributed by atoms with Crippen molar-refractivity contribution in [3.05, 3.63) is 0 Å². The van der Waals surface area contributed by atoms with Crippen LogP contribution < -0.4 is 0 Å². The summed E-state index contributed by atoms with van der Waals surface area (Å²) in [6.45, 7) is 4.04. The van der Waals surface area contributed by atoms with Crippen molar-refractivity contribution in [1.29, 1.82) is 0 Å². The van der Waals surface area contributed by atoms with E-state index >= 15 is 0 Å². The van der Waals surface area contributed by atoms with E-state index in [2.05, 4.69) is 6.92 Å². The minimum atomic E-state index is -0.349. The Kier molecular flexibility index (Phi) is 13.0. The molecule has 0 N–H and O–H groups in total. The maximum absolute atomic E-state index is 10.8. The molecule has 1 unspecified atom stereocenters. The summed E-state index contributed by atoms with van der Waals surface area (Å²) in [6.07, 6.45) is 15.5. The van der Waals surface area contributed by atoms with Crippen LogP contribution in [0.15, 0.2) is 0 Å². The van der Waals surface area contributed by atoms with Crippen molar-refractivity contribution in [1.82, 2.24) is 0 Å². The lowest BCUT2D eigenvalue weighted by Crippen LogP contribution is -1.95. The van der Waals surface area contributed by atoms with Gasteiger partial charge >= 0.3 is 0 Å². The van der Waals surface area contributed by atoms with Crippen molar-refractivity contribution < 1.29 is 5.11 Å². The topological polar surface area (TPSA) is 19.9 Å². The van der Waals surface area contributed by atoms with Crippen LogP contribution in [0.4, 0.5) is 0 Å². The molecular weight excluding hydrogens is 196 g/mol. The third-order valence-electron chi connectivity index (χ3n) is 3.21. The summed E-state index contributed by atoms with van der Waals surface area (Å²) < 4.78 is 0. The van der Waals surface area contributed by atoms with Gasteiger partial charge in [-0.3, -0.25) is 0 Å². The minimum absolute atomic E-state index is 0.349. The predicted octanol–water partition coefficient (Wildman–Crippen LogP) is 5.51. The van der Waals surface area contributed by atoms with Gasteiger partial charge in [0.1, 0.15) is 0 Å². The van der Waals surface area contributed by atoms with E-state index in [0.717, 1.165) is 12.8 Å². The second-order valence-corrected chi connectivity index (χ2v) is 5.13. The van der Waals surface area contributed by atoms with Crippen molar-refractivity contribution in [2.45, 2.75) is 97.0 Å². The first-order chi connectivity index (χ1) is 7.77. The smallest absolute Gasteiger partial charge is 0.0902 e. The molecule has 0 rings (SSSR count). The van der Waals surface area contributed by atoms with Gasteiger partial charge < -0.3 is 0 Å². The summed E-state index contributed by atoms with van der Waals surface area (Å²) in [5.41, 5.74) is 0. The molecule has 0 aliphatic heterocycles. The first-order valence-electron chi connectivity index (χ1n) is 7.43. The molecule has 1 atom stereocenters. The average molecular weight is 227 g/mol. The molecule has 1 radical (unpaired) electrons. The highest BCUT2D eigenvalue weighted by molar-refractivity contribution is 4.50. The molecule has 0 aliphatic rings. The Balaban J connectivity index is 2.88. The van der Waals surface area contributed by atoms with Crippen molar-refractivity contribution in [2.24, 2.45) is 0 Å². The van der Waals surface area contributed by atoms with Gasteiger partial charge in [-0.25, -0.2) is 5.11 Å². The number of unbranched alkanes of at least 4 members (excludes halogenated alkanes) is 10. The standard InChI is InChI=1S/C15H31O/c1-3-4-5-6-7-8-9-10-11-12-13-14-15(2)16/h15H,3-14H2,1-2H3. The lowest BCUT2D eigenvalue weighted by molar-refractivity contribution is 0.0950. The maximum Gasteiger partial charge on any atom is 0.0902 e. The summed E-state index contributed by atoms with van der Waals surface area (Å²) in [6, 6.07) is 0. The Morgan fingerprint density at radius 1 is 0.688 bits per heavy atom. The van der Waals surface area contributed by atoms with Crippen LogP contribution in [0.1, 0.15) is 90.9 Å². The lowest BCUT2D eigenvalue weighted by Gasteiger charge is -2.03. The average Bonchev–Trinajstić information content (AvgIpc) is 2.25. The third kappa shape index (κ3) is 14.0. The van der Waals surface area contributed by atoms with E-state index in [1.54, 1.807) is 6.92 Å². The molecule has 1 heteroatoms. The zero-order valence-electron chi connectivity index (χ0n) is 11.5. The van der Waals surface area contributed by atoms with Gasteiger partial charge in [0.15, 0.2) is 0 Å². The van der Waals surface area contributed by atoms with Crippen LogP contribution in [0.2, 0.25) is 0 Å². The van der Waals surface area contributed by atoms with Crippen molar-refractivity contribution in [3.63, 3.8) is 0 Å². The third-order valence-corrected chi connectivity index (χ3v) is 3.21. The SMILES string of the molecule is CCCCCCCCCCCCCC(C)[O]. The first-order valence-corrected chi connectivity index (χ1v) is 7.43. The molecule has 97 valence electrons. The summed E-state index contributed by atoms with van der Waals surface area (Å²) in [4.78, 5) is 0. The van der Waals surface area contributed by atoms with Crippen molar-refractivity contribution in [2.75, 3.05) is 0 Å². The van der Waals surface area contributed by atoms with E-state index in [-0.39, 0.29) is 6.10 Å². The Morgan fingerprint density at radius 3 is 1.44 bits per heavy atom. The molecule has 0 spiro atoms. The number of hydrogen-bond acceptors (Lipinski definition) is 0. The lowest BCUT2D eigenvalue weighted by atomic mass is 10.0. The van der Waals surface area contributed by atoms with E-state index in [1.165, 1.54) is 64.2 Å². The highest BCUT2D eigenvalue weighted by Crippen LogP contribution is 2.12. The monoisotopic (exact) mass is 227 g/mol. The van der Waals surface area contributed by atoms with E-state index < -0.39 is 0 Å². The molecule has 0 heterocycles. The van der Waals surface area contributed by atoms with Gasteiger partial charge in [0.25, 0.3) is 0 Å². The highest BCUT2D eigenvalue weighted by atomic mass is 16.3. The van der Waals surface area contributed by atoms with Crippen molar-refractivity contribution >= 4 is 0 Å². The largest absolute Gasteiger partial charge is 0.233 e. The fourth-order valence-corrected chi connectivity index (χ4v) is 2.10. The van der Waals surface area contributed by atoms with Crippen LogP contribution >= 0.6 is 0 Å². The van der Waals surface area contributed by atoms with Crippen LogP contribution in [0, 0.1) is 0 Å². The summed E-state index contributed by atoms with van der Waals surface area (Å²) in [5.74, 6) is 0. The fraction of sp³-hybridized carbons (Fsp3) is 1.00. The van der Waals surface area contributed by atoms with E-state index in [0.29, 0.717) is 0 Å². The molecule has 0 aliphatic carbocycles. The molecule has 0 aromatic carbocycles. The normalized spacial score (nSPS) is 12.9. The summed E-state index contributed by atoms with van der Waals surface area (Å²) in [5, 5.41) is 10.8. The minimum Gasteiger partial charge on any atom is -0.233 e. The molecule has 1 nitrogen and oxygen atoms in total.